The van der Waals surface area contributed by atoms with Gasteiger partial charge in [0.2, 0.25) is 0 Å². The zero-order chi connectivity index (χ0) is 12.0. The Hall–Kier alpha value is -1.84. The van der Waals surface area contributed by atoms with Crippen molar-refractivity contribution in [2.24, 2.45) is 0 Å². The van der Waals surface area contributed by atoms with Gasteiger partial charge in [-0.1, -0.05) is 19.1 Å². The molecule has 4 heteroatoms. The summed E-state index contributed by atoms with van der Waals surface area (Å²) in [6, 6.07) is 6.74. The Morgan fingerprint density at radius 1 is 1.19 bits per heavy atom. The van der Waals surface area contributed by atoms with Crippen molar-refractivity contribution in [2.45, 2.75) is 20.0 Å². The third-order valence-electron chi connectivity index (χ3n) is 2.06. The molecule has 0 spiro atoms. The Labute approximate surface area is 94.2 Å². The molecule has 0 radical (unpaired) electrons. The Morgan fingerprint density at radius 3 is 2.31 bits per heavy atom. The van der Waals surface area contributed by atoms with Crippen LogP contribution in [0.25, 0.3) is 0 Å². The maximum Gasteiger partial charge on any atom is 0.337 e. The number of carbonyl (C=O) groups excluding carboxylic acids is 2. The van der Waals surface area contributed by atoms with Crippen molar-refractivity contribution in [2.75, 3.05) is 7.11 Å². The second-order valence-electron chi connectivity index (χ2n) is 3.20. The van der Waals surface area contributed by atoms with Gasteiger partial charge in [0.15, 0.2) is 0 Å². The van der Waals surface area contributed by atoms with Crippen LogP contribution in [-0.4, -0.2) is 19.0 Å². The number of carbonyl (C=O) groups is 2. The fourth-order valence-electron chi connectivity index (χ4n) is 1.12. The van der Waals surface area contributed by atoms with Crippen LogP contribution >= 0.6 is 0 Å². The molecule has 86 valence electrons. The first-order valence-corrected chi connectivity index (χ1v) is 5.00. The minimum atomic E-state index is -0.378. The lowest BCUT2D eigenvalue weighted by Crippen LogP contribution is -2.04. The summed E-state index contributed by atoms with van der Waals surface area (Å²) < 4.78 is 9.52. The second kappa shape index (κ2) is 5.90. The molecule has 0 aromatic heterocycles. The van der Waals surface area contributed by atoms with Gasteiger partial charge in [-0.3, -0.25) is 4.79 Å². The SMILES string of the molecule is CCC(=O)OCc1ccc(C(=O)OC)cc1. The average Bonchev–Trinajstić information content (AvgIpc) is 2.35. The maximum absolute atomic E-state index is 11.1. The highest BCUT2D eigenvalue weighted by Gasteiger charge is 2.05. The molecule has 0 atom stereocenters. The molecule has 1 aromatic rings. The summed E-state index contributed by atoms with van der Waals surface area (Å²) in [5.41, 5.74) is 1.32. The monoisotopic (exact) mass is 222 g/mol. The van der Waals surface area contributed by atoms with E-state index in [9.17, 15) is 9.59 Å². The smallest absolute Gasteiger partial charge is 0.337 e. The van der Waals surface area contributed by atoms with E-state index in [1.165, 1.54) is 7.11 Å². The summed E-state index contributed by atoms with van der Waals surface area (Å²) in [6.45, 7) is 1.97. The lowest BCUT2D eigenvalue weighted by Gasteiger charge is -2.04. The van der Waals surface area contributed by atoms with E-state index in [4.69, 9.17) is 4.74 Å². The van der Waals surface area contributed by atoms with Crippen LogP contribution in [0, 0.1) is 0 Å². The first kappa shape index (κ1) is 12.2. The van der Waals surface area contributed by atoms with Crippen molar-refractivity contribution in [3.05, 3.63) is 35.4 Å². The van der Waals surface area contributed by atoms with E-state index in [2.05, 4.69) is 4.74 Å². The van der Waals surface area contributed by atoms with Crippen LogP contribution in [-0.2, 0) is 20.9 Å². The number of hydrogen-bond donors (Lipinski definition) is 0. The zero-order valence-corrected chi connectivity index (χ0v) is 9.36. The minimum Gasteiger partial charge on any atom is -0.465 e. The number of esters is 2. The highest BCUT2D eigenvalue weighted by molar-refractivity contribution is 5.89. The number of hydrogen-bond acceptors (Lipinski definition) is 4. The molecule has 0 saturated carbocycles. The molecule has 0 saturated heterocycles. The standard InChI is InChI=1S/C12H14O4/c1-3-11(13)16-8-9-4-6-10(7-5-9)12(14)15-2/h4-7H,3,8H2,1-2H3. The molecule has 0 aliphatic rings. The van der Waals surface area contributed by atoms with E-state index < -0.39 is 0 Å². The van der Waals surface area contributed by atoms with E-state index in [0.29, 0.717) is 12.0 Å². The Kier molecular flexibility index (Phi) is 4.51. The Balaban J connectivity index is 2.58. The van der Waals surface area contributed by atoms with E-state index in [1.807, 2.05) is 0 Å². The number of rotatable bonds is 4. The van der Waals surface area contributed by atoms with E-state index >= 15 is 0 Å². The molecule has 1 rings (SSSR count). The minimum absolute atomic E-state index is 0.230. The molecule has 0 aliphatic carbocycles. The summed E-state index contributed by atoms with van der Waals surface area (Å²) in [6.07, 6.45) is 0.361. The average molecular weight is 222 g/mol. The van der Waals surface area contributed by atoms with Gasteiger partial charge >= 0.3 is 11.9 Å². The van der Waals surface area contributed by atoms with E-state index in [1.54, 1.807) is 31.2 Å². The highest BCUT2D eigenvalue weighted by atomic mass is 16.5. The molecule has 0 aliphatic heterocycles. The Morgan fingerprint density at radius 2 is 1.81 bits per heavy atom. The van der Waals surface area contributed by atoms with Crippen molar-refractivity contribution >= 4 is 11.9 Å². The van der Waals surface area contributed by atoms with Crippen LogP contribution in [0.3, 0.4) is 0 Å². The van der Waals surface area contributed by atoms with E-state index in [0.717, 1.165) is 5.56 Å². The molecule has 0 fully saturated rings. The van der Waals surface area contributed by atoms with Crippen molar-refractivity contribution in [3.8, 4) is 0 Å². The fraction of sp³-hybridized carbons (Fsp3) is 0.333. The summed E-state index contributed by atoms with van der Waals surface area (Å²) in [4.78, 5) is 22.0. The highest BCUT2D eigenvalue weighted by Crippen LogP contribution is 2.07. The zero-order valence-electron chi connectivity index (χ0n) is 9.36. The molecule has 0 bridgehead atoms. The summed E-state index contributed by atoms with van der Waals surface area (Å²) >= 11 is 0. The molecular formula is C12H14O4. The lowest BCUT2D eigenvalue weighted by atomic mass is 10.1. The van der Waals surface area contributed by atoms with Gasteiger partial charge in [-0.25, -0.2) is 4.79 Å². The summed E-state index contributed by atoms with van der Waals surface area (Å²) in [7, 11) is 1.33. The predicted octanol–water partition coefficient (Wildman–Crippen LogP) is 1.93. The van der Waals surface area contributed by atoms with Crippen LogP contribution in [0.4, 0.5) is 0 Å². The van der Waals surface area contributed by atoms with Gasteiger partial charge in [-0.05, 0) is 17.7 Å². The fourth-order valence-corrected chi connectivity index (χ4v) is 1.12. The van der Waals surface area contributed by atoms with Crippen molar-refractivity contribution in [1.29, 1.82) is 0 Å². The molecule has 1 aromatic carbocycles. The third kappa shape index (κ3) is 3.38. The van der Waals surface area contributed by atoms with Gasteiger partial charge in [0.25, 0.3) is 0 Å². The molecule has 0 amide bonds. The number of methoxy groups -OCH3 is 1. The number of benzene rings is 1. The number of ether oxygens (including phenoxy) is 2. The van der Waals surface area contributed by atoms with Crippen LogP contribution in [0.5, 0.6) is 0 Å². The molecule has 4 nitrogen and oxygen atoms in total. The van der Waals surface area contributed by atoms with Crippen LogP contribution in [0.15, 0.2) is 24.3 Å². The van der Waals surface area contributed by atoms with Gasteiger partial charge in [0, 0.05) is 6.42 Å². The third-order valence-corrected chi connectivity index (χ3v) is 2.06. The van der Waals surface area contributed by atoms with Crippen LogP contribution < -0.4 is 0 Å². The van der Waals surface area contributed by atoms with Gasteiger partial charge in [0.05, 0.1) is 12.7 Å². The van der Waals surface area contributed by atoms with Gasteiger partial charge in [-0.2, -0.15) is 0 Å². The van der Waals surface area contributed by atoms with Gasteiger partial charge in [0.1, 0.15) is 6.61 Å². The molecule has 16 heavy (non-hydrogen) atoms. The van der Waals surface area contributed by atoms with Crippen molar-refractivity contribution in [3.63, 3.8) is 0 Å². The van der Waals surface area contributed by atoms with Gasteiger partial charge < -0.3 is 9.47 Å². The maximum atomic E-state index is 11.1. The van der Waals surface area contributed by atoms with Crippen molar-refractivity contribution < 1.29 is 19.1 Å². The van der Waals surface area contributed by atoms with E-state index in [-0.39, 0.29) is 18.5 Å². The molecule has 0 N–H and O–H groups in total. The van der Waals surface area contributed by atoms with Crippen molar-refractivity contribution in [1.82, 2.24) is 0 Å². The molecular weight excluding hydrogens is 208 g/mol. The summed E-state index contributed by atoms with van der Waals surface area (Å²) in [5.74, 6) is -0.617. The normalized spacial score (nSPS) is 9.62. The van der Waals surface area contributed by atoms with Gasteiger partial charge in [-0.15, -0.1) is 0 Å². The first-order valence-electron chi connectivity index (χ1n) is 5.00. The molecule has 0 unspecified atom stereocenters. The first-order chi connectivity index (χ1) is 7.67. The predicted molar refractivity (Wildman–Crippen MR) is 57.9 cm³/mol. The second-order valence-corrected chi connectivity index (χ2v) is 3.20. The largest absolute Gasteiger partial charge is 0.465 e. The van der Waals surface area contributed by atoms with Crippen LogP contribution in [0.1, 0.15) is 29.3 Å². The van der Waals surface area contributed by atoms with Crippen LogP contribution in [0.2, 0.25) is 0 Å². The Bertz CT molecular complexity index is 367. The molecule has 0 heterocycles. The topological polar surface area (TPSA) is 52.6 Å². The lowest BCUT2D eigenvalue weighted by molar-refractivity contribution is -0.144. The quantitative estimate of drug-likeness (QED) is 0.730. The summed E-state index contributed by atoms with van der Waals surface area (Å²) in [5, 5.41) is 0.